The van der Waals surface area contributed by atoms with Crippen LogP contribution in [0.3, 0.4) is 0 Å². The Morgan fingerprint density at radius 2 is 1.97 bits per heavy atom. The molecule has 2 heterocycles. The predicted molar refractivity (Wildman–Crippen MR) is 124 cm³/mol. The quantitative estimate of drug-likeness (QED) is 0.587. The Balaban J connectivity index is 1.68. The summed E-state index contributed by atoms with van der Waals surface area (Å²) in [6.07, 6.45) is 1.08. The molecule has 1 saturated heterocycles. The van der Waals surface area contributed by atoms with Crippen molar-refractivity contribution in [3.8, 4) is 22.7 Å². The first-order valence-electron chi connectivity index (χ1n) is 10.9. The second-order valence-electron chi connectivity index (χ2n) is 8.60. The van der Waals surface area contributed by atoms with E-state index in [1.54, 1.807) is 4.68 Å². The third-order valence-electron chi connectivity index (χ3n) is 5.68. The van der Waals surface area contributed by atoms with E-state index >= 15 is 0 Å². The first kappa shape index (κ1) is 21.6. The number of anilines is 1. The highest BCUT2D eigenvalue weighted by Crippen LogP contribution is 2.30. The van der Waals surface area contributed by atoms with Crippen LogP contribution >= 0.6 is 0 Å². The molecule has 32 heavy (non-hydrogen) atoms. The Kier molecular flexibility index (Phi) is 5.99. The Morgan fingerprint density at radius 3 is 2.66 bits per heavy atom. The van der Waals surface area contributed by atoms with E-state index in [1.165, 1.54) is 0 Å². The van der Waals surface area contributed by atoms with Gasteiger partial charge in [0.05, 0.1) is 17.3 Å². The van der Waals surface area contributed by atoms with Crippen molar-refractivity contribution in [1.29, 1.82) is 0 Å². The number of benzene rings is 2. The van der Waals surface area contributed by atoms with Crippen LogP contribution in [0.4, 0.5) is 5.82 Å². The van der Waals surface area contributed by atoms with Gasteiger partial charge in [-0.3, -0.25) is 9.59 Å². The van der Waals surface area contributed by atoms with Gasteiger partial charge in [-0.05, 0) is 44.5 Å². The zero-order chi connectivity index (χ0) is 22.7. The van der Waals surface area contributed by atoms with E-state index in [2.05, 4.69) is 36.5 Å². The molecule has 7 nitrogen and oxygen atoms in total. The van der Waals surface area contributed by atoms with Crippen molar-refractivity contribution in [3.63, 3.8) is 0 Å². The van der Waals surface area contributed by atoms with Gasteiger partial charge in [0.15, 0.2) is 5.82 Å². The SMILES string of the molecule is CCC(C)(C)Oc1cccc(-c2cc(NC(=O)[C@@H]3CNC(=O)C3)nn2-c2ccccc2)c1. The lowest BCUT2D eigenvalue weighted by Gasteiger charge is -2.25. The van der Waals surface area contributed by atoms with Gasteiger partial charge >= 0.3 is 0 Å². The molecule has 0 spiro atoms. The summed E-state index contributed by atoms with van der Waals surface area (Å²) in [6, 6.07) is 19.5. The zero-order valence-electron chi connectivity index (χ0n) is 18.6. The summed E-state index contributed by atoms with van der Waals surface area (Å²) in [7, 11) is 0. The number of amides is 2. The number of rotatable bonds is 7. The highest BCUT2D eigenvalue weighted by molar-refractivity contribution is 5.97. The smallest absolute Gasteiger partial charge is 0.230 e. The molecule has 1 atom stereocenters. The van der Waals surface area contributed by atoms with E-state index < -0.39 is 0 Å². The standard InChI is InChI=1S/C25H28N4O3/c1-4-25(2,3)32-20-12-8-9-17(13-20)21-15-22(27-24(31)18-14-23(30)26-16-18)28-29(21)19-10-6-5-7-11-19/h5-13,15,18H,4,14,16H2,1-3H3,(H,26,30)(H,27,28,31)/t18-/m0/s1. The number of ether oxygens (including phenoxy) is 1. The van der Waals surface area contributed by atoms with Gasteiger partial charge in [-0.2, -0.15) is 0 Å². The zero-order valence-corrected chi connectivity index (χ0v) is 18.6. The van der Waals surface area contributed by atoms with Crippen molar-refractivity contribution in [2.45, 2.75) is 39.2 Å². The summed E-state index contributed by atoms with van der Waals surface area (Å²) in [6.45, 7) is 6.56. The lowest BCUT2D eigenvalue weighted by atomic mass is 10.1. The molecule has 7 heteroatoms. The molecule has 1 aliphatic heterocycles. The number of hydrogen-bond acceptors (Lipinski definition) is 4. The maximum atomic E-state index is 12.6. The molecular weight excluding hydrogens is 404 g/mol. The molecule has 0 unspecified atom stereocenters. The normalized spacial score (nSPS) is 16.0. The van der Waals surface area contributed by atoms with Crippen molar-refractivity contribution >= 4 is 17.6 Å². The Labute approximate surface area is 187 Å². The molecule has 0 aliphatic carbocycles. The summed E-state index contributed by atoms with van der Waals surface area (Å²) >= 11 is 0. The summed E-state index contributed by atoms with van der Waals surface area (Å²) in [4.78, 5) is 24.1. The van der Waals surface area contributed by atoms with Crippen molar-refractivity contribution < 1.29 is 14.3 Å². The van der Waals surface area contributed by atoms with Crippen LogP contribution in [0.15, 0.2) is 60.7 Å². The van der Waals surface area contributed by atoms with Crippen LogP contribution < -0.4 is 15.4 Å². The van der Waals surface area contributed by atoms with Gasteiger partial charge in [-0.25, -0.2) is 4.68 Å². The summed E-state index contributed by atoms with van der Waals surface area (Å²) in [5.74, 6) is 0.507. The Hall–Kier alpha value is -3.61. The first-order chi connectivity index (χ1) is 15.3. The van der Waals surface area contributed by atoms with Crippen LogP contribution in [0, 0.1) is 5.92 Å². The van der Waals surface area contributed by atoms with Crippen molar-refractivity contribution in [2.24, 2.45) is 5.92 Å². The highest BCUT2D eigenvalue weighted by Gasteiger charge is 2.28. The Bertz CT molecular complexity index is 1120. The number of para-hydroxylation sites is 1. The third kappa shape index (κ3) is 4.82. The van der Waals surface area contributed by atoms with Gasteiger partial charge < -0.3 is 15.4 Å². The van der Waals surface area contributed by atoms with Crippen LogP contribution in [0.1, 0.15) is 33.6 Å². The fourth-order valence-corrected chi connectivity index (χ4v) is 3.54. The molecule has 2 N–H and O–H groups in total. The monoisotopic (exact) mass is 432 g/mol. The van der Waals surface area contributed by atoms with Crippen molar-refractivity contribution in [2.75, 3.05) is 11.9 Å². The fourth-order valence-electron chi connectivity index (χ4n) is 3.54. The van der Waals surface area contributed by atoms with Gasteiger partial charge in [0.1, 0.15) is 11.4 Å². The van der Waals surface area contributed by atoms with Crippen LogP contribution in [-0.4, -0.2) is 33.7 Å². The molecule has 0 bridgehead atoms. The number of nitrogens with zero attached hydrogens (tertiary/aromatic N) is 2. The lowest BCUT2D eigenvalue weighted by molar-refractivity contribution is -0.123. The van der Waals surface area contributed by atoms with Crippen molar-refractivity contribution in [1.82, 2.24) is 15.1 Å². The second-order valence-corrected chi connectivity index (χ2v) is 8.60. The molecule has 166 valence electrons. The van der Waals surface area contributed by atoms with E-state index in [1.807, 2.05) is 60.7 Å². The summed E-state index contributed by atoms with van der Waals surface area (Å²) in [5.41, 5.74) is 2.35. The van der Waals surface area contributed by atoms with Gasteiger partial charge in [-0.15, -0.1) is 5.10 Å². The topological polar surface area (TPSA) is 85.2 Å². The molecule has 3 aromatic rings. The number of hydrogen-bond donors (Lipinski definition) is 2. The van der Waals surface area contributed by atoms with E-state index in [4.69, 9.17) is 4.74 Å². The molecule has 2 amide bonds. The largest absolute Gasteiger partial charge is 0.488 e. The average molecular weight is 433 g/mol. The highest BCUT2D eigenvalue weighted by atomic mass is 16.5. The van der Waals surface area contributed by atoms with Crippen LogP contribution in [-0.2, 0) is 9.59 Å². The second kappa shape index (κ2) is 8.86. The number of carbonyl (C=O) groups is 2. The van der Waals surface area contributed by atoms with Gasteiger partial charge in [0.2, 0.25) is 11.8 Å². The molecule has 1 aliphatic rings. The number of nitrogens with one attached hydrogen (secondary N) is 2. The van der Waals surface area contributed by atoms with Crippen LogP contribution in [0.25, 0.3) is 16.9 Å². The third-order valence-corrected chi connectivity index (χ3v) is 5.68. The van der Waals surface area contributed by atoms with E-state index in [0.717, 1.165) is 29.1 Å². The molecule has 0 radical (unpaired) electrons. The molecule has 4 rings (SSSR count). The summed E-state index contributed by atoms with van der Waals surface area (Å²) < 4.78 is 7.97. The maximum Gasteiger partial charge on any atom is 0.230 e. The summed E-state index contributed by atoms with van der Waals surface area (Å²) in [5, 5.41) is 10.2. The van der Waals surface area contributed by atoms with Crippen LogP contribution in [0.5, 0.6) is 5.75 Å². The lowest BCUT2D eigenvalue weighted by Crippen LogP contribution is -2.26. The molecule has 2 aromatic carbocycles. The number of carbonyl (C=O) groups excluding carboxylic acids is 2. The predicted octanol–water partition coefficient (Wildman–Crippen LogP) is 4.18. The number of aromatic nitrogens is 2. The van der Waals surface area contributed by atoms with E-state index in [9.17, 15) is 9.59 Å². The van der Waals surface area contributed by atoms with E-state index in [0.29, 0.717) is 12.4 Å². The van der Waals surface area contributed by atoms with Crippen molar-refractivity contribution in [3.05, 3.63) is 60.7 Å². The van der Waals surface area contributed by atoms with E-state index in [-0.39, 0.29) is 29.8 Å². The minimum atomic E-state index is -0.388. The van der Waals surface area contributed by atoms with Crippen LogP contribution in [0.2, 0.25) is 0 Å². The molecular formula is C25H28N4O3. The van der Waals surface area contributed by atoms with Gasteiger partial charge in [0.25, 0.3) is 0 Å². The average Bonchev–Trinajstić information content (AvgIpc) is 3.41. The minimum Gasteiger partial charge on any atom is -0.488 e. The first-order valence-corrected chi connectivity index (χ1v) is 10.9. The molecule has 1 fully saturated rings. The Morgan fingerprint density at radius 1 is 1.19 bits per heavy atom. The molecule has 0 saturated carbocycles. The fraction of sp³-hybridized carbons (Fsp3) is 0.320. The van der Waals surface area contributed by atoms with Gasteiger partial charge in [0, 0.05) is 24.6 Å². The molecule has 1 aromatic heterocycles. The maximum absolute atomic E-state index is 12.6. The minimum absolute atomic E-state index is 0.104. The van der Waals surface area contributed by atoms with Gasteiger partial charge in [-0.1, -0.05) is 37.3 Å².